The fraction of sp³-hybridized carbons (Fsp3) is 0.188. The number of Topliss-reactive ketones (excluding diaryl/α,β-unsaturated/α-hetero) is 1. The lowest BCUT2D eigenvalue weighted by Gasteiger charge is -2.10. The smallest absolute Gasteiger partial charge is 0.169 e. The first-order valence-electron chi connectivity index (χ1n) is 6.35. The predicted molar refractivity (Wildman–Crippen MR) is 86.1 cm³/mol. The normalized spacial score (nSPS) is 10.2. The zero-order valence-electron chi connectivity index (χ0n) is 11.9. The van der Waals surface area contributed by atoms with E-state index in [0.29, 0.717) is 22.7 Å². The van der Waals surface area contributed by atoms with Crippen molar-refractivity contribution in [2.45, 2.75) is 6.42 Å². The number of methoxy groups -OCH3 is 2. The molecule has 0 heterocycles. The molecule has 0 bridgehead atoms. The van der Waals surface area contributed by atoms with E-state index in [1.54, 1.807) is 25.3 Å². The molecule has 0 fully saturated rings. The van der Waals surface area contributed by atoms with Crippen LogP contribution in [0.1, 0.15) is 15.9 Å². The molecule has 0 aliphatic carbocycles. The molecular formula is C16H16BrNO3. The minimum Gasteiger partial charge on any atom is -0.497 e. The van der Waals surface area contributed by atoms with E-state index in [9.17, 15) is 4.79 Å². The Balaban J connectivity index is 2.30. The molecule has 0 saturated heterocycles. The molecular weight excluding hydrogens is 334 g/mol. The molecule has 21 heavy (non-hydrogen) atoms. The fourth-order valence-corrected chi connectivity index (χ4v) is 2.43. The van der Waals surface area contributed by atoms with Gasteiger partial charge in [0.1, 0.15) is 11.5 Å². The highest BCUT2D eigenvalue weighted by molar-refractivity contribution is 9.10. The summed E-state index contributed by atoms with van der Waals surface area (Å²) < 4.78 is 11.2. The number of nitrogens with two attached hydrogens (primary N) is 1. The first-order valence-corrected chi connectivity index (χ1v) is 7.14. The molecule has 0 amide bonds. The van der Waals surface area contributed by atoms with Crippen molar-refractivity contribution in [1.82, 2.24) is 0 Å². The Kier molecular flexibility index (Phi) is 4.85. The van der Waals surface area contributed by atoms with Crippen LogP contribution in [0.3, 0.4) is 0 Å². The van der Waals surface area contributed by atoms with Gasteiger partial charge in [-0.25, -0.2) is 0 Å². The van der Waals surface area contributed by atoms with Crippen molar-refractivity contribution < 1.29 is 14.3 Å². The Hall–Kier alpha value is -2.01. The number of ether oxygens (including phenoxy) is 2. The summed E-state index contributed by atoms with van der Waals surface area (Å²) in [5.74, 6) is 1.14. The minimum atomic E-state index is -0.0691. The number of hydrogen-bond acceptors (Lipinski definition) is 4. The van der Waals surface area contributed by atoms with Crippen molar-refractivity contribution >= 4 is 27.4 Å². The summed E-state index contributed by atoms with van der Waals surface area (Å²) in [5.41, 5.74) is 7.64. The summed E-state index contributed by atoms with van der Waals surface area (Å²) in [6, 6.07) is 10.7. The highest BCUT2D eigenvalue weighted by atomic mass is 79.9. The number of anilines is 1. The number of benzene rings is 2. The van der Waals surface area contributed by atoms with Crippen LogP contribution in [0, 0.1) is 0 Å². The molecule has 0 spiro atoms. The fourth-order valence-electron chi connectivity index (χ4n) is 2.05. The van der Waals surface area contributed by atoms with Gasteiger partial charge >= 0.3 is 0 Å². The second kappa shape index (κ2) is 6.63. The summed E-state index contributed by atoms with van der Waals surface area (Å²) in [6.45, 7) is 0. The molecule has 2 N–H and O–H groups in total. The van der Waals surface area contributed by atoms with Crippen LogP contribution < -0.4 is 15.2 Å². The molecule has 2 aromatic rings. The number of carbonyl (C=O) groups is 1. The van der Waals surface area contributed by atoms with E-state index in [1.807, 2.05) is 18.2 Å². The van der Waals surface area contributed by atoms with E-state index in [1.165, 1.54) is 7.11 Å². The molecule has 0 atom stereocenters. The van der Waals surface area contributed by atoms with Crippen LogP contribution in [0.5, 0.6) is 11.5 Å². The van der Waals surface area contributed by atoms with Crippen LogP contribution in [0.15, 0.2) is 40.9 Å². The second-order valence-corrected chi connectivity index (χ2v) is 5.33. The molecule has 2 rings (SSSR count). The number of rotatable bonds is 5. The molecule has 5 heteroatoms. The Morgan fingerprint density at radius 2 is 1.95 bits per heavy atom. The lowest BCUT2D eigenvalue weighted by molar-refractivity contribution is 0.0993. The lowest BCUT2D eigenvalue weighted by Crippen LogP contribution is -2.08. The Labute approximate surface area is 132 Å². The van der Waals surface area contributed by atoms with E-state index >= 15 is 0 Å². The summed E-state index contributed by atoms with van der Waals surface area (Å²) >= 11 is 3.44. The molecule has 2 aromatic carbocycles. The van der Waals surface area contributed by atoms with Crippen molar-refractivity contribution in [3.63, 3.8) is 0 Å². The molecule has 0 saturated carbocycles. The van der Waals surface area contributed by atoms with Crippen LogP contribution >= 0.6 is 15.9 Å². The monoisotopic (exact) mass is 349 g/mol. The highest BCUT2D eigenvalue weighted by Gasteiger charge is 2.15. The van der Waals surface area contributed by atoms with Gasteiger partial charge in [0.2, 0.25) is 0 Å². The average molecular weight is 350 g/mol. The predicted octanol–water partition coefficient (Wildman–Crippen LogP) is 3.47. The van der Waals surface area contributed by atoms with Crippen molar-refractivity contribution in [1.29, 1.82) is 0 Å². The SMILES string of the molecule is COc1ccc(Br)c(CC(=O)c2cccc(OC)c2N)c1. The van der Waals surface area contributed by atoms with Gasteiger partial charge in [0.15, 0.2) is 5.78 Å². The van der Waals surface area contributed by atoms with Gasteiger partial charge in [0.25, 0.3) is 0 Å². The van der Waals surface area contributed by atoms with Crippen LogP contribution in [0.4, 0.5) is 5.69 Å². The molecule has 110 valence electrons. The standard InChI is InChI=1S/C16H16BrNO3/c1-20-11-6-7-13(17)10(8-11)9-14(19)12-4-3-5-15(21-2)16(12)18/h3-8H,9,18H2,1-2H3. The van der Waals surface area contributed by atoms with E-state index in [2.05, 4.69) is 15.9 Å². The first-order chi connectivity index (χ1) is 10.1. The zero-order chi connectivity index (χ0) is 15.4. The van der Waals surface area contributed by atoms with Gasteiger partial charge in [0.05, 0.1) is 19.9 Å². The van der Waals surface area contributed by atoms with Crippen LogP contribution in [-0.4, -0.2) is 20.0 Å². The second-order valence-electron chi connectivity index (χ2n) is 4.48. The van der Waals surface area contributed by atoms with E-state index in [0.717, 1.165) is 10.0 Å². The summed E-state index contributed by atoms with van der Waals surface area (Å²) in [5, 5.41) is 0. The summed E-state index contributed by atoms with van der Waals surface area (Å²) in [7, 11) is 3.12. The van der Waals surface area contributed by atoms with Crippen molar-refractivity contribution in [3.8, 4) is 11.5 Å². The molecule has 4 nitrogen and oxygen atoms in total. The largest absolute Gasteiger partial charge is 0.497 e. The van der Waals surface area contributed by atoms with E-state index in [-0.39, 0.29) is 12.2 Å². The molecule has 0 aliphatic heterocycles. The Morgan fingerprint density at radius 3 is 2.62 bits per heavy atom. The number of halogens is 1. The zero-order valence-corrected chi connectivity index (χ0v) is 13.4. The summed E-state index contributed by atoms with van der Waals surface area (Å²) in [6.07, 6.45) is 0.231. The van der Waals surface area contributed by atoms with Gasteiger partial charge in [0, 0.05) is 16.5 Å². The highest BCUT2D eigenvalue weighted by Crippen LogP contribution is 2.28. The maximum absolute atomic E-state index is 12.5. The Morgan fingerprint density at radius 1 is 1.19 bits per heavy atom. The van der Waals surface area contributed by atoms with Gasteiger partial charge in [-0.1, -0.05) is 22.0 Å². The van der Waals surface area contributed by atoms with Crippen LogP contribution in [0.25, 0.3) is 0 Å². The third-order valence-electron chi connectivity index (χ3n) is 3.19. The van der Waals surface area contributed by atoms with Gasteiger partial charge in [-0.05, 0) is 35.9 Å². The van der Waals surface area contributed by atoms with Crippen molar-refractivity contribution in [2.75, 3.05) is 20.0 Å². The van der Waals surface area contributed by atoms with Gasteiger partial charge < -0.3 is 15.2 Å². The number of carbonyl (C=O) groups excluding carboxylic acids is 1. The van der Waals surface area contributed by atoms with Gasteiger partial charge in [-0.15, -0.1) is 0 Å². The average Bonchev–Trinajstić information content (AvgIpc) is 2.49. The van der Waals surface area contributed by atoms with Crippen LogP contribution in [-0.2, 0) is 6.42 Å². The first kappa shape index (κ1) is 15.4. The van der Waals surface area contributed by atoms with Crippen molar-refractivity contribution in [3.05, 3.63) is 52.0 Å². The maximum Gasteiger partial charge on any atom is 0.169 e. The molecule has 0 unspecified atom stereocenters. The van der Waals surface area contributed by atoms with Crippen LogP contribution in [0.2, 0.25) is 0 Å². The molecule has 0 aromatic heterocycles. The maximum atomic E-state index is 12.5. The van der Waals surface area contributed by atoms with Crippen molar-refractivity contribution in [2.24, 2.45) is 0 Å². The number of nitrogen functional groups attached to an aromatic ring is 1. The number of hydrogen-bond donors (Lipinski definition) is 1. The molecule has 0 radical (unpaired) electrons. The molecule has 0 aliphatic rings. The Bertz CT molecular complexity index is 671. The topological polar surface area (TPSA) is 61.5 Å². The van der Waals surface area contributed by atoms with E-state index in [4.69, 9.17) is 15.2 Å². The summed E-state index contributed by atoms with van der Waals surface area (Å²) in [4.78, 5) is 12.5. The third kappa shape index (κ3) is 3.36. The quantitative estimate of drug-likeness (QED) is 0.663. The van der Waals surface area contributed by atoms with Gasteiger partial charge in [-0.3, -0.25) is 4.79 Å². The third-order valence-corrected chi connectivity index (χ3v) is 3.96. The minimum absolute atomic E-state index is 0.0691. The van der Waals surface area contributed by atoms with E-state index < -0.39 is 0 Å². The number of ketones is 1. The lowest BCUT2D eigenvalue weighted by atomic mass is 10.0. The number of para-hydroxylation sites is 1. The van der Waals surface area contributed by atoms with Gasteiger partial charge in [-0.2, -0.15) is 0 Å².